The zero-order chi connectivity index (χ0) is 8.55. The number of methoxy groups -OCH3 is 1. The summed E-state index contributed by atoms with van der Waals surface area (Å²) in [5.74, 6) is 1.30. The molecule has 1 aromatic heterocycles. The van der Waals surface area contributed by atoms with Crippen molar-refractivity contribution in [3.8, 4) is 0 Å². The molecule has 1 aromatic rings. The maximum absolute atomic E-state index is 5.46. The predicted molar refractivity (Wildman–Crippen MR) is 43.6 cm³/mol. The topological polar surface area (TPSA) is 66.0 Å². The molecule has 0 aliphatic carbocycles. The molecule has 0 radical (unpaired) electrons. The van der Waals surface area contributed by atoms with E-state index < -0.39 is 0 Å². The average molecular weight is 168 g/mol. The molecule has 2 heterocycles. The van der Waals surface area contributed by atoms with Gasteiger partial charge < -0.3 is 10.5 Å². The summed E-state index contributed by atoms with van der Waals surface area (Å²) in [5, 5.41) is 4.05. The van der Waals surface area contributed by atoms with Crippen LogP contribution >= 0.6 is 0 Å². The molecule has 0 saturated heterocycles. The first-order valence-corrected chi connectivity index (χ1v) is 4.01. The van der Waals surface area contributed by atoms with Gasteiger partial charge in [-0.05, 0) is 6.42 Å². The molecule has 5 nitrogen and oxygen atoms in total. The molecule has 1 aliphatic rings. The van der Waals surface area contributed by atoms with Crippen LogP contribution in [0.3, 0.4) is 0 Å². The lowest BCUT2D eigenvalue weighted by Crippen LogP contribution is -2.25. The van der Waals surface area contributed by atoms with Crippen molar-refractivity contribution in [2.45, 2.75) is 25.5 Å². The van der Waals surface area contributed by atoms with Crippen LogP contribution in [0, 0.1) is 0 Å². The Balaban J connectivity index is 2.22. The summed E-state index contributed by atoms with van der Waals surface area (Å²) in [6, 6.07) is 0. The molecule has 0 amide bonds. The van der Waals surface area contributed by atoms with E-state index in [2.05, 4.69) is 10.1 Å². The highest BCUT2D eigenvalue weighted by atomic mass is 16.5. The number of nitrogens with zero attached hydrogens (tertiary/aromatic N) is 3. The van der Waals surface area contributed by atoms with E-state index in [0.29, 0.717) is 5.95 Å². The number of rotatable bonds is 1. The van der Waals surface area contributed by atoms with E-state index in [1.54, 1.807) is 7.11 Å². The highest BCUT2D eigenvalue weighted by molar-refractivity contribution is 5.15. The fourth-order valence-electron chi connectivity index (χ4n) is 1.50. The molecule has 1 aliphatic heterocycles. The van der Waals surface area contributed by atoms with Crippen LogP contribution in [0.25, 0.3) is 0 Å². The van der Waals surface area contributed by atoms with E-state index >= 15 is 0 Å². The molecule has 0 bridgehead atoms. The van der Waals surface area contributed by atoms with Crippen molar-refractivity contribution in [2.24, 2.45) is 0 Å². The number of aryl methyl sites for hydroxylation is 1. The second-order valence-corrected chi connectivity index (χ2v) is 2.96. The van der Waals surface area contributed by atoms with Gasteiger partial charge in [-0.25, -0.2) is 4.68 Å². The van der Waals surface area contributed by atoms with Crippen LogP contribution in [0.4, 0.5) is 5.95 Å². The lowest BCUT2D eigenvalue weighted by atomic mass is 10.1. The van der Waals surface area contributed by atoms with Gasteiger partial charge in [0.1, 0.15) is 5.82 Å². The summed E-state index contributed by atoms with van der Waals surface area (Å²) in [7, 11) is 1.72. The third kappa shape index (κ3) is 1.16. The van der Waals surface area contributed by atoms with Crippen LogP contribution in [0.1, 0.15) is 12.2 Å². The third-order valence-electron chi connectivity index (χ3n) is 2.17. The highest BCUT2D eigenvalue weighted by Gasteiger charge is 2.20. The van der Waals surface area contributed by atoms with Gasteiger partial charge in [-0.15, -0.1) is 5.10 Å². The number of nitrogens with two attached hydrogens (primary N) is 1. The Morgan fingerprint density at radius 2 is 2.50 bits per heavy atom. The maximum Gasteiger partial charge on any atom is 0.239 e. The lowest BCUT2D eigenvalue weighted by Gasteiger charge is -2.20. The first kappa shape index (κ1) is 7.54. The molecular weight excluding hydrogens is 156 g/mol. The summed E-state index contributed by atoms with van der Waals surface area (Å²) in [6.07, 6.45) is 2.09. The van der Waals surface area contributed by atoms with Crippen LogP contribution in [0.2, 0.25) is 0 Å². The summed E-state index contributed by atoms with van der Waals surface area (Å²) >= 11 is 0. The molecule has 5 heteroatoms. The standard InChI is InChI=1S/C7H12N4O/c1-12-5-2-3-11-6(4-5)9-7(8)10-11/h5H,2-4H2,1H3,(H2,8,10). The van der Waals surface area contributed by atoms with Gasteiger partial charge in [-0.1, -0.05) is 0 Å². The van der Waals surface area contributed by atoms with E-state index in [1.807, 2.05) is 4.68 Å². The van der Waals surface area contributed by atoms with Gasteiger partial charge >= 0.3 is 0 Å². The number of ether oxygens (including phenoxy) is 1. The van der Waals surface area contributed by atoms with Crippen molar-refractivity contribution in [1.29, 1.82) is 0 Å². The quantitative estimate of drug-likeness (QED) is 0.631. The Morgan fingerprint density at radius 1 is 1.67 bits per heavy atom. The van der Waals surface area contributed by atoms with Gasteiger partial charge in [0.25, 0.3) is 0 Å². The fourth-order valence-corrected chi connectivity index (χ4v) is 1.50. The third-order valence-corrected chi connectivity index (χ3v) is 2.17. The van der Waals surface area contributed by atoms with E-state index in [0.717, 1.165) is 25.2 Å². The minimum Gasteiger partial charge on any atom is -0.381 e. The average Bonchev–Trinajstić information content (AvgIpc) is 2.43. The molecule has 0 saturated carbocycles. The van der Waals surface area contributed by atoms with Gasteiger partial charge in [-0.3, -0.25) is 0 Å². The second-order valence-electron chi connectivity index (χ2n) is 2.96. The van der Waals surface area contributed by atoms with Crippen molar-refractivity contribution in [1.82, 2.24) is 14.8 Å². The number of nitrogen functional groups attached to an aromatic ring is 1. The van der Waals surface area contributed by atoms with Gasteiger partial charge in [0.05, 0.1) is 6.10 Å². The molecule has 1 atom stereocenters. The number of aromatic nitrogens is 3. The molecule has 2 N–H and O–H groups in total. The normalized spacial score (nSPS) is 22.2. The van der Waals surface area contributed by atoms with E-state index in [9.17, 15) is 0 Å². The number of hydrogen-bond acceptors (Lipinski definition) is 4. The molecule has 66 valence electrons. The van der Waals surface area contributed by atoms with Gasteiger partial charge in [0.15, 0.2) is 0 Å². The Bertz CT molecular complexity index is 283. The van der Waals surface area contributed by atoms with Crippen LogP contribution in [0.5, 0.6) is 0 Å². The lowest BCUT2D eigenvalue weighted by molar-refractivity contribution is 0.0776. The largest absolute Gasteiger partial charge is 0.381 e. The van der Waals surface area contributed by atoms with E-state index in [1.165, 1.54) is 0 Å². The molecule has 1 unspecified atom stereocenters. The van der Waals surface area contributed by atoms with Crippen LogP contribution in [0.15, 0.2) is 0 Å². The summed E-state index contributed by atoms with van der Waals surface area (Å²) in [4.78, 5) is 4.10. The molecular formula is C7H12N4O. The van der Waals surface area contributed by atoms with Crippen molar-refractivity contribution in [3.63, 3.8) is 0 Å². The number of anilines is 1. The van der Waals surface area contributed by atoms with E-state index in [-0.39, 0.29) is 6.10 Å². The highest BCUT2D eigenvalue weighted by Crippen LogP contribution is 2.15. The van der Waals surface area contributed by atoms with Crippen molar-refractivity contribution in [3.05, 3.63) is 5.82 Å². The van der Waals surface area contributed by atoms with Crippen molar-refractivity contribution >= 4 is 5.95 Å². The molecule has 0 aromatic carbocycles. The monoisotopic (exact) mass is 168 g/mol. The summed E-state index contributed by atoms with van der Waals surface area (Å²) in [6.45, 7) is 0.859. The van der Waals surface area contributed by atoms with Gasteiger partial charge in [0.2, 0.25) is 5.95 Å². The molecule has 0 spiro atoms. The molecule has 12 heavy (non-hydrogen) atoms. The van der Waals surface area contributed by atoms with Gasteiger partial charge in [-0.2, -0.15) is 4.98 Å². The van der Waals surface area contributed by atoms with Crippen molar-refractivity contribution in [2.75, 3.05) is 12.8 Å². The first-order chi connectivity index (χ1) is 5.79. The number of fused-ring (bicyclic) bond motifs is 1. The summed E-state index contributed by atoms with van der Waals surface area (Å²) < 4.78 is 7.09. The Kier molecular flexibility index (Phi) is 1.73. The minimum absolute atomic E-state index is 0.279. The zero-order valence-electron chi connectivity index (χ0n) is 7.03. The van der Waals surface area contributed by atoms with Crippen LogP contribution < -0.4 is 5.73 Å². The SMILES string of the molecule is COC1CCn2nc(N)nc2C1. The number of hydrogen-bond donors (Lipinski definition) is 1. The molecule has 2 rings (SSSR count). The minimum atomic E-state index is 0.279. The predicted octanol–water partition coefficient (Wildman–Crippen LogP) is -0.179. The smallest absolute Gasteiger partial charge is 0.239 e. The first-order valence-electron chi connectivity index (χ1n) is 4.01. The Hall–Kier alpha value is -1.10. The van der Waals surface area contributed by atoms with E-state index in [4.69, 9.17) is 10.5 Å². The second kappa shape index (κ2) is 2.75. The summed E-state index contributed by atoms with van der Waals surface area (Å²) in [5.41, 5.74) is 5.46. The van der Waals surface area contributed by atoms with Crippen LogP contribution in [-0.2, 0) is 17.7 Å². The zero-order valence-corrected chi connectivity index (χ0v) is 7.03. The fraction of sp³-hybridized carbons (Fsp3) is 0.714. The van der Waals surface area contributed by atoms with Crippen molar-refractivity contribution < 1.29 is 4.74 Å². The van der Waals surface area contributed by atoms with Crippen LogP contribution in [-0.4, -0.2) is 28.0 Å². The molecule has 0 fully saturated rings. The Morgan fingerprint density at radius 3 is 3.25 bits per heavy atom. The van der Waals surface area contributed by atoms with Gasteiger partial charge in [0, 0.05) is 20.1 Å². The Labute approximate surface area is 70.5 Å². The maximum atomic E-state index is 5.46.